The van der Waals surface area contributed by atoms with Crippen molar-refractivity contribution in [3.63, 3.8) is 0 Å². The first-order valence-corrected chi connectivity index (χ1v) is 15.1. The fourth-order valence-electron chi connectivity index (χ4n) is 4.40. The number of hydrogen-bond donors (Lipinski definition) is 1. The molecule has 0 saturated carbocycles. The van der Waals surface area contributed by atoms with Crippen molar-refractivity contribution in [1.82, 2.24) is 10.2 Å². The van der Waals surface area contributed by atoms with Crippen molar-refractivity contribution in [1.29, 1.82) is 0 Å². The molecule has 0 heterocycles. The molecule has 3 aromatic carbocycles. The molecule has 3 rings (SSSR count). The smallest absolute Gasteiger partial charge is 0.244 e. The van der Waals surface area contributed by atoms with Gasteiger partial charge in [0.15, 0.2) is 0 Å². The van der Waals surface area contributed by atoms with Crippen molar-refractivity contribution in [2.45, 2.75) is 59.2 Å². The Hall–Kier alpha value is -3.65. The summed E-state index contributed by atoms with van der Waals surface area (Å²) < 4.78 is 26.9. The summed E-state index contributed by atoms with van der Waals surface area (Å²) in [6.07, 6.45) is 2.13. The predicted molar refractivity (Wildman–Crippen MR) is 157 cm³/mol. The molecule has 8 heteroatoms. The highest BCUT2D eigenvalue weighted by Crippen LogP contribution is 2.24. The molecule has 2 atom stereocenters. The summed E-state index contributed by atoms with van der Waals surface area (Å²) in [6.45, 7) is 7.42. The van der Waals surface area contributed by atoms with Crippen LogP contribution in [0.4, 0.5) is 5.69 Å². The summed E-state index contributed by atoms with van der Waals surface area (Å²) in [5.41, 5.74) is 3.95. The molecule has 0 bridgehead atoms. The number of carbonyl (C=O) groups excluding carboxylic acids is 2. The second-order valence-corrected chi connectivity index (χ2v) is 11.9. The Bertz CT molecular complexity index is 1380. The van der Waals surface area contributed by atoms with Gasteiger partial charge in [0.1, 0.15) is 12.6 Å². The number of anilines is 1. The highest BCUT2D eigenvalue weighted by Gasteiger charge is 2.33. The molecule has 0 saturated heterocycles. The summed E-state index contributed by atoms with van der Waals surface area (Å²) in [7, 11) is -3.79. The molecule has 0 aromatic heterocycles. The summed E-state index contributed by atoms with van der Waals surface area (Å²) >= 11 is 0. The van der Waals surface area contributed by atoms with Crippen LogP contribution in [0.2, 0.25) is 0 Å². The Morgan fingerprint density at radius 1 is 0.872 bits per heavy atom. The first kappa shape index (κ1) is 29.9. The third kappa shape index (κ3) is 8.17. The van der Waals surface area contributed by atoms with Crippen molar-refractivity contribution in [3.8, 4) is 0 Å². The second-order valence-electron chi connectivity index (χ2n) is 10.0. The van der Waals surface area contributed by atoms with Crippen LogP contribution in [-0.4, -0.2) is 50.0 Å². The summed E-state index contributed by atoms with van der Waals surface area (Å²) in [4.78, 5) is 29.4. The largest absolute Gasteiger partial charge is 0.352 e. The Balaban J connectivity index is 2.08. The molecule has 3 aromatic rings. The predicted octanol–water partition coefficient (Wildman–Crippen LogP) is 4.62. The van der Waals surface area contributed by atoms with Crippen molar-refractivity contribution in [3.05, 3.63) is 101 Å². The van der Waals surface area contributed by atoms with Crippen molar-refractivity contribution in [2.24, 2.45) is 0 Å². The van der Waals surface area contributed by atoms with Crippen LogP contribution in [0.25, 0.3) is 0 Å². The molecule has 0 aliphatic rings. The number of carbonyl (C=O) groups is 2. The summed E-state index contributed by atoms with van der Waals surface area (Å²) in [5.74, 6) is -0.718. The minimum atomic E-state index is -3.79. The highest BCUT2D eigenvalue weighted by molar-refractivity contribution is 7.92. The van der Waals surface area contributed by atoms with E-state index in [0.717, 1.165) is 39.2 Å². The second kappa shape index (κ2) is 13.4. The SMILES string of the molecule is CCC(C)NC(=O)C(Cc1ccccc1)N(Cc1ccccc1C)C(=O)CN(c1ccccc1C)S(C)(=O)=O. The topological polar surface area (TPSA) is 86.8 Å². The number of nitrogens with zero attached hydrogens (tertiary/aromatic N) is 2. The normalized spacial score (nSPS) is 12.8. The zero-order valence-electron chi connectivity index (χ0n) is 23.4. The van der Waals surface area contributed by atoms with E-state index in [1.165, 1.54) is 4.90 Å². The van der Waals surface area contributed by atoms with Crippen LogP contribution in [-0.2, 0) is 32.6 Å². The molecular formula is C31H39N3O4S. The zero-order chi connectivity index (χ0) is 28.6. The molecule has 0 aliphatic carbocycles. The van der Waals surface area contributed by atoms with Gasteiger partial charge in [0.2, 0.25) is 21.8 Å². The molecule has 39 heavy (non-hydrogen) atoms. The fourth-order valence-corrected chi connectivity index (χ4v) is 5.31. The van der Waals surface area contributed by atoms with Gasteiger partial charge in [-0.25, -0.2) is 8.42 Å². The van der Waals surface area contributed by atoms with Gasteiger partial charge in [0, 0.05) is 19.0 Å². The fraction of sp³-hybridized carbons (Fsp3) is 0.355. The quantitative estimate of drug-likeness (QED) is 0.357. The summed E-state index contributed by atoms with van der Waals surface area (Å²) in [6, 6.07) is 23.4. The van der Waals surface area contributed by atoms with Gasteiger partial charge in [0.25, 0.3) is 0 Å². The molecular weight excluding hydrogens is 510 g/mol. The van der Waals surface area contributed by atoms with Gasteiger partial charge in [-0.1, -0.05) is 79.7 Å². The van der Waals surface area contributed by atoms with Crippen LogP contribution in [0, 0.1) is 13.8 Å². The van der Waals surface area contributed by atoms with Gasteiger partial charge in [-0.2, -0.15) is 0 Å². The van der Waals surface area contributed by atoms with Crippen LogP contribution in [0.1, 0.15) is 42.5 Å². The Morgan fingerprint density at radius 3 is 2.05 bits per heavy atom. The van der Waals surface area contributed by atoms with Gasteiger partial charge in [-0.05, 0) is 55.5 Å². The van der Waals surface area contributed by atoms with Crippen molar-refractivity contribution >= 4 is 27.5 Å². The first-order valence-electron chi connectivity index (χ1n) is 13.2. The molecule has 0 fully saturated rings. The van der Waals surface area contributed by atoms with Crippen LogP contribution in [0.15, 0.2) is 78.9 Å². The van der Waals surface area contributed by atoms with Gasteiger partial charge < -0.3 is 10.2 Å². The molecule has 0 radical (unpaired) electrons. The average Bonchev–Trinajstić information content (AvgIpc) is 2.90. The summed E-state index contributed by atoms with van der Waals surface area (Å²) in [5, 5.41) is 3.05. The average molecular weight is 550 g/mol. The lowest BCUT2D eigenvalue weighted by Gasteiger charge is -2.34. The molecule has 2 amide bonds. The van der Waals surface area contributed by atoms with Crippen LogP contribution in [0.3, 0.4) is 0 Å². The van der Waals surface area contributed by atoms with E-state index in [9.17, 15) is 18.0 Å². The lowest BCUT2D eigenvalue weighted by molar-refractivity contribution is -0.140. The number of nitrogens with one attached hydrogen (secondary N) is 1. The number of sulfonamides is 1. The first-order chi connectivity index (χ1) is 18.5. The minimum Gasteiger partial charge on any atom is -0.352 e. The number of amides is 2. The van der Waals surface area contributed by atoms with E-state index in [1.807, 2.05) is 81.4 Å². The van der Waals surface area contributed by atoms with E-state index in [2.05, 4.69) is 5.32 Å². The van der Waals surface area contributed by atoms with E-state index < -0.39 is 28.5 Å². The van der Waals surface area contributed by atoms with Crippen molar-refractivity contribution < 1.29 is 18.0 Å². The lowest BCUT2D eigenvalue weighted by atomic mass is 10.0. The molecule has 208 valence electrons. The van der Waals surface area contributed by atoms with E-state index in [-0.39, 0.29) is 18.5 Å². The van der Waals surface area contributed by atoms with E-state index in [0.29, 0.717) is 12.1 Å². The number of hydrogen-bond acceptors (Lipinski definition) is 4. The number of aryl methyl sites for hydroxylation is 2. The number of benzene rings is 3. The Morgan fingerprint density at radius 2 is 1.46 bits per heavy atom. The molecule has 0 aliphatic heterocycles. The molecule has 0 spiro atoms. The monoisotopic (exact) mass is 549 g/mol. The van der Waals surface area contributed by atoms with Gasteiger partial charge in [0.05, 0.1) is 11.9 Å². The maximum atomic E-state index is 14.1. The minimum absolute atomic E-state index is 0.0781. The number of para-hydroxylation sites is 1. The third-order valence-electron chi connectivity index (χ3n) is 6.94. The standard InChI is InChI=1S/C31H39N3O4S/c1-6-25(4)32-31(36)29(20-26-16-8-7-9-17-26)33(21-27-18-12-10-14-23(27)2)30(35)22-34(39(5,37)38)28-19-13-11-15-24(28)3/h7-19,25,29H,6,20-22H2,1-5H3,(H,32,36). The maximum Gasteiger partial charge on any atom is 0.244 e. The van der Waals surface area contributed by atoms with Gasteiger partial charge in [-0.15, -0.1) is 0 Å². The third-order valence-corrected chi connectivity index (χ3v) is 8.06. The van der Waals surface area contributed by atoms with E-state index in [4.69, 9.17) is 0 Å². The molecule has 1 N–H and O–H groups in total. The van der Waals surface area contributed by atoms with Crippen LogP contribution < -0.4 is 9.62 Å². The highest BCUT2D eigenvalue weighted by atomic mass is 32.2. The Kier molecular flexibility index (Phi) is 10.3. The van der Waals surface area contributed by atoms with Crippen molar-refractivity contribution in [2.75, 3.05) is 17.1 Å². The zero-order valence-corrected chi connectivity index (χ0v) is 24.2. The van der Waals surface area contributed by atoms with Gasteiger partial charge in [-0.3, -0.25) is 13.9 Å². The van der Waals surface area contributed by atoms with Crippen LogP contribution in [0.5, 0.6) is 0 Å². The van der Waals surface area contributed by atoms with Crippen LogP contribution >= 0.6 is 0 Å². The molecule has 7 nitrogen and oxygen atoms in total. The number of rotatable bonds is 12. The lowest BCUT2D eigenvalue weighted by Crippen LogP contribution is -2.54. The van der Waals surface area contributed by atoms with E-state index >= 15 is 0 Å². The molecule has 2 unspecified atom stereocenters. The van der Waals surface area contributed by atoms with Gasteiger partial charge >= 0.3 is 0 Å². The van der Waals surface area contributed by atoms with E-state index in [1.54, 1.807) is 25.1 Å². The Labute approximate surface area is 232 Å². The maximum absolute atomic E-state index is 14.1.